The fraction of sp³-hybridized carbons (Fsp3) is 0.391. The summed E-state index contributed by atoms with van der Waals surface area (Å²) in [6.45, 7) is 3.21. The van der Waals surface area contributed by atoms with Gasteiger partial charge in [0.2, 0.25) is 11.8 Å². The van der Waals surface area contributed by atoms with Gasteiger partial charge in [-0.2, -0.15) is 0 Å². The van der Waals surface area contributed by atoms with Crippen LogP contribution in [-0.4, -0.2) is 25.0 Å². The number of nitrogens with one attached hydrogen (secondary N) is 2. The highest BCUT2D eigenvalue weighted by Gasteiger charge is 2.26. The monoisotopic (exact) mass is 380 g/mol. The molecule has 2 N–H and O–H groups in total. The van der Waals surface area contributed by atoms with Crippen molar-refractivity contribution in [3.8, 4) is 0 Å². The Morgan fingerprint density at radius 2 is 1.93 bits per heavy atom. The van der Waals surface area contributed by atoms with Gasteiger partial charge in [0.05, 0.1) is 6.10 Å². The number of carbonyl (C=O) groups is 2. The van der Waals surface area contributed by atoms with Crippen LogP contribution in [0.15, 0.2) is 54.6 Å². The molecule has 3 rings (SSSR count). The predicted molar refractivity (Wildman–Crippen MR) is 110 cm³/mol. The standard InChI is InChI=1S/C23H28N2O3/c1-17(18-8-3-2-4-9-18)28-15-7-14-24-22(26)13-12-20-16-19-10-5-6-11-21(19)25-23(20)27/h2-6,8-11,17,20H,7,12-16H2,1H3,(H,24,26)(H,25,27). The third-order valence-electron chi connectivity index (χ3n) is 5.11. The quantitative estimate of drug-likeness (QED) is 0.649. The van der Waals surface area contributed by atoms with Gasteiger partial charge in [-0.1, -0.05) is 48.5 Å². The fourth-order valence-corrected chi connectivity index (χ4v) is 3.42. The van der Waals surface area contributed by atoms with E-state index < -0.39 is 0 Å². The van der Waals surface area contributed by atoms with E-state index in [2.05, 4.69) is 10.6 Å². The van der Waals surface area contributed by atoms with E-state index in [1.165, 1.54) is 0 Å². The van der Waals surface area contributed by atoms with E-state index in [1.54, 1.807) is 0 Å². The number of rotatable bonds is 9. The Hall–Kier alpha value is -2.66. The molecule has 2 aromatic rings. The van der Waals surface area contributed by atoms with Crippen molar-refractivity contribution in [3.05, 3.63) is 65.7 Å². The Labute approximate surface area is 166 Å². The number of para-hydroxylation sites is 1. The van der Waals surface area contributed by atoms with E-state index in [0.29, 0.717) is 32.4 Å². The first kappa shape index (κ1) is 20.1. The average Bonchev–Trinajstić information content (AvgIpc) is 2.72. The van der Waals surface area contributed by atoms with Gasteiger partial charge < -0.3 is 15.4 Å². The first-order valence-corrected chi connectivity index (χ1v) is 9.95. The molecule has 0 bridgehead atoms. The molecule has 0 aliphatic carbocycles. The van der Waals surface area contributed by atoms with Crippen LogP contribution < -0.4 is 10.6 Å². The predicted octanol–water partition coefficient (Wildman–Crippen LogP) is 3.86. The lowest BCUT2D eigenvalue weighted by molar-refractivity contribution is -0.122. The van der Waals surface area contributed by atoms with E-state index >= 15 is 0 Å². The fourth-order valence-electron chi connectivity index (χ4n) is 3.42. The number of carbonyl (C=O) groups excluding carboxylic acids is 2. The van der Waals surface area contributed by atoms with Crippen LogP contribution in [0.25, 0.3) is 0 Å². The summed E-state index contributed by atoms with van der Waals surface area (Å²) in [4.78, 5) is 24.3. The van der Waals surface area contributed by atoms with Crippen LogP contribution in [0.2, 0.25) is 0 Å². The maximum atomic E-state index is 12.2. The van der Waals surface area contributed by atoms with Gasteiger partial charge in [0.15, 0.2) is 0 Å². The van der Waals surface area contributed by atoms with Crippen molar-refractivity contribution in [2.24, 2.45) is 5.92 Å². The Balaban J connectivity index is 1.30. The van der Waals surface area contributed by atoms with Crippen molar-refractivity contribution in [1.82, 2.24) is 5.32 Å². The highest BCUT2D eigenvalue weighted by Crippen LogP contribution is 2.27. The minimum atomic E-state index is -0.143. The lowest BCUT2D eigenvalue weighted by Crippen LogP contribution is -2.32. The Morgan fingerprint density at radius 3 is 2.75 bits per heavy atom. The molecule has 0 fully saturated rings. The smallest absolute Gasteiger partial charge is 0.227 e. The molecular formula is C23H28N2O3. The molecule has 0 radical (unpaired) electrons. The molecule has 2 unspecified atom stereocenters. The van der Waals surface area contributed by atoms with Gasteiger partial charge >= 0.3 is 0 Å². The molecule has 2 aromatic carbocycles. The van der Waals surface area contributed by atoms with Crippen LogP contribution in [0.5, 0.6) is 0 Å². The second-order valence-corrected chi connectivity index (χ2v) is 7.21. The number of benzene rings is 2. The van der Waals surface area contributed by atoms with Crippen LogP contribution in [0.3, 0.4) is 0 Å². The van der Waals surface area contributed by atoms with Crippen molar-refractivity contribution < 1.29 is 14.3 Å². The zero-order valence-electron chi connectivity index (χ0n) is 16.3. The number of fused-ring (bicyclic) bond motifs is 1. The normalized spacial score (nSPS) is 16.8. The summed E-state index contributed by atoms with van der Waals surface area (Å²) in [5, 5.41) is 5.85. The zero-order valence-corrected chi connectivity index (χ0v) is 16.3. The number of anilines is 1. The molecule has 1 aliphatic heterocycles. The number of amides is 2. The van der Waals surface area contributed by atoms with Crippen LogP contribution in [0, 0.1) is 5.92 Å². The van der Waals surface area contributed by atoms with E-state index in [4.69, 9.17) is 4.74 Å². The number of hydrogen-bond donors (Lipinski definition) is 2. The van der Waals surface area contributed by atoms with E-state index in [-0.39, 0.29) is 23.8 Å². The van der Waals surface area contributed by atoms with E-state index in [9.17, 15) is 9.59 Å². The first-order valence-electron chi connectivity index (χ1n) is 9.95. The van der Waals surface area contributed by atoms with Crippen LogP contribution >= 0.6 is 0 Å². The zero-order chi connectivity index (χ0) is 19.8. The second kappa shape index (κ2) is 10.0. The summed E-state index contributed by atoms with van der Waals surface area (Å²) in [6, 6.07) is 17.9. The van der Waals surface area contributed by atoms with Crippen LogP contribution in [0.1, 0.15) is 43.4 Å². The highest BCUT2D eigenvalue weighted by molar-refractivity contribution is 5.96. The van der Waals surface area contributed by atoms with Crippen molar-refractivity contribution in [2.45, 2.75) is 38.7 Å². The van der Waals surface area contributed by atoms with Crippen molar-refractivity contribution in [1.29, 1.82) is 0 Å². The largest absolute Gasteiger partial charge is 0.374 e. The van der Waals surface area contributed by atoms with Gasteiger partial charge in [-0.15, -0.1) is 0 Å². The molecule has 148 valence electrons. The van der Waals surface area contributed by atoms with Crippen molar-refractivity contribution in [3.63, 3.8) is 0 Å². The minimum Gasteiger partial charge on any atom is -0.374 e. The molecule has 1 aliphatic rings. The summed E-state index contributed by atoms with van der Waals surface area (Å²) < 4.78 is 5.81. The van der Waals surface area contributed by atoms with Gasteiger partial charge in [-0.25, -0.2) is 0 Å². The molecule has 1 heterocycles. The topological polar surface area (TPSA) is 67.4 Å². The Bertz CT molecular complexity index is 791. The van der Waals surface area contributed by atoms with Gasteiger partial charge in [0.1, 0.15) is 0 Å². The van der Waals surface area contributed by atoms with Crippen molar-refractivity contribution in [2.75, 3.05) is 18.5 Å². The molecular weight excluding hydrogens is 352 g/mol. The molecule has 0 saturated heterocycles. The SMILES string of the molecule is CC(OCCCNC(=O)CCC1Cc2ccccc2NC1=O)c1ccccc1. The lowest BCUT2D eigenvalue weighted by Gasteiger charge is -2.24. The minimum absolute atomic E-state index is 0.00907. The third-order valence-corrected chi connectivity index (χ3v) is 5.11. The van der Waals surface area contributed by atoms with Gasteiger partial charge in [0, 0.05) is 31.2 Å². The van der Waals surface area contributed by atoms with Crippen molar-refractivity contribution >= 4 is 17.5 Å². The summed E-state index contributed by atoms with van der Waals surface area (Å²) in [6.07, 6.45) is 2.43. The molecule has 2 amide bonds. The van der Waals surface area contributed by atoms with Gasteiger partial charge in [-0.3, -0.25) is 9.59 Å². The summed E-state index contributed by atoms with van der Waals surface area (Å²) in [5.74, 6) is -0.145. The van der Waals surface area contributed by atoms with Crippen LogP contribution in [0.4, 0.5) is 5.69 Å². The number of ether oxygens (including phenoxy) is 1. The highest BCUT2D eigenvalue weighted by atomic mass is 16.5. The molecule has 0 saturated carbocycles. The molecule has 5 nitrogen and oxygen atoms in total. The Morgan fingerprint density at radius 1 is 1.18 bits per heavy atom. The third kappa shape index (κ3) is 5.67. The molecule has 28 heavy (non-hydrogen) atoms. The summed E-state index contributed by atoms with van der Waals surface area (Å²) in [5.41, 5.74) is 3.17. The second-order valence-electron chi connectivity index (χ2n) is 7.21. The van der Waals surface area contributed by atoms with Crippen LogP contribution in [-0.2, 0) is 20.7 Å². The summed E-state index contributed by atoms with van der Waals surface area (Å²) >= 11 is 0. The average molecular weight is 380 g/mol. The van der Waals surface area contributed by atoms with Gasteiger partial charge in [-0.05, 0) is 43.4 Å². The molecule has 0 aromatic heterocycles. The Kier molecular flexibility index (Phi) is 7.20. The lowest BCUT2D eigenvalue weighted by atomic mass is 9.89. The van der Waals surface area contributed by atoms with E-state index in [1.807, 2.05) is 61.5 Å². The number of hydrogen-bond acceptors (Lipinski definition) is 3. The maximum Gasteiger partial charge on any atom is 0.227 e. The molecule has 5 heteroatoms. The summed E-state index contributed by atoms with van der Waals surface area (Å²) in [7, 11) is 0. The first-order chi connectivity index (χ1) is 13.6. The molecule has 2 atom stereocenters. The maximum absolute atomic E-state index is 12.2. The van der Waals surface area contributed by atoms with Gasteiger partial charge in [0.25, 0.3) is 0 Å². The molecule has 0 spiro atoms. The van der Waals surface area contributed by atoms with E-state index in [0.717, 1.165) is 23.2 Å².